The van der Waals surface area contributed by atoms with Crippen LogP contribution in [0.3, 0.4) is 0 Å². The number of carbonyl (C=O) groups excluding carboxylic acids is 1. The molecule has 3 heteroatoms. The van der Waals surface area contributed by atoms with Crippen LogP contribution in [0.2, 0.25) is 0 Å². The summed E-state index contributed by atoms with van der Waals surface area (Å²) in [7, 11) is 0. The second-order valence-electron chi connectivity index (χ2n) is 8.07. The van der Waals surface area contributed by atoms with E-state index in [4.69, 9.17) is 5.73 Å². The molecule has 0 heterocycles. The monoisotopic (exact) mass is 278 g/mol. The zero-order chi connectivity index (χ0) is 14.2. The Hall–Kier alpha value is -0.570. The van der Waals surface area contributed by atoms with Crippen molar-refractivity contribution in [2.45, 2.75) is 58.3 Å². The zero-order valence-electron chi connectivity index (χ0n) is 12.9. The van der Waals surface area contributed by atoms with Crippen molar-refractivity contribution in [3.63, 3.8) is 0 Å². The highest BCUT2D eigenvalue weighted by Gasteiger charge is 2.50. The number of amides is 1. The van der Waals surface area contributed by atoms with Crippen molar-refractivity contribution >= 4 is 5.91 Å². The predicted octanol–water partition coefficient (Wildman–Crippen LogP) is 2.69. The highest BCUT2D eigenvalue weighted by Crippen LogP contribution is 2.59. The molecule has 4 rings (SSSR count). The van der Waals surface area contributed by atoms with E-state index in [9.17, 15) is 4.79 Å². The number of hydrogen-bond donors (Lipinski definition) is 2. The molecule has 0 aromatic carbocycles. The van der Waals surface area contributed by atoms with Gasteiger partial charge in [-0.05, 0) is 80.6 Å². The van der Waals surface area contributed by atoms with E-state index in [-0.39, 0.29) is 5.91 Å². The van der Waals surface area contributed by atoms with Crippen LogP contribution >= 0.6 is 0 Å². The van der Waals surface area contributed by atoms with Gasteiger partial charge in [0.15, 0.2) is 0 Å². The molecule has 1 amide bonds. The van der Waals surface area contributed by atoms with E-state index in [1.54, 1.807) is 0 Å². The van der Waals surface area contributed by atoms with Gasteiger partial charge >= 0.3 is 0 Å². The molecule has 0 spiro atoms. The Morgan fingerprint density at radius 3 is 2.25 bits per heavy atom. The molecule has 1 atom stereocenters. The summed E-state index contributed by atoms with van der Waals surface area (Å²) < 4.78 is 0. The first-order chi connectivity index (χ1) is 9.58. The fraction of sp³-hybridized carbons (Fsp3) is 0.941. The van der Waals surface area contributed by atoms with Crippen LogP contribution in [-0.2, 0) is 4.79 Å². The second-order valence-corrected chi connectivity index (χ2v) is 8.07. The number of nitrogens with one attached hydrogen (secondary N) is 1. The average Bonchev–Trinajstić information content (AvgIpc) is 2.41. The fourth-order valence-corrected chi connectivity index (χ4v) is 5.38. The summed E-state index contributed by atoms with van der Waals surface area (Å²) in [5.41, 5.74) is 6.07. The number of nitrogens with two attached hydrogens (primary N) is 1. The lowest BCUT2D eigenvalue weighted by atomic mass is 9.49. The van der Waals surface area contributed by atoms with Gasteiger partial charge in [0.2, 0.25) is 5.91 Å². The SMILES string of the molecule is CC(CN)CCC(=O)NCC12CC3CC(CC(C3)C1)C2. The predicted molar refractivity (Wildman–Crippen MR) is 81.1 cm³/mol. The molecule has 114 valence electrons. The van der Waals surface area contributed by atoms with E-state index in [1.165, 1.54) is 38.5 Å². The van der Waals surface area contributed by atoms with Crippen LogP contribution in [0.5, 0.6) is 0 Å². The molecule has 3 N–H and O–H groups in total. The molecule has 0 aromatic heterocycles. The standard InChI is InChI=1S/C17H30N2O/c1-12(10-18)2-3-16(20)19-11-17-7-13-4-14(8-17)6-15(5-13)9-17/h12-15H,2-11,18H2,1H3,(H,19,20). The van der Waals surface area contributed by atoms with Gasteiger partial charge < -0.3 is 11.1 Å². The van der Waals surface area contributed by atoms with Gasteiger partial charge in [-0.15, -0.1) is 0 Å². The largest absolute Gasteiger partial charge is 0.356 e. The molecular formula is C17H30N2O. The van der Waals surface area contributed by atoms with Crippen LogP contribution in [0.15, 0.2) is 0 Å². The van der Waals surface area contributed by atoms with E-state index in [1.807, 2.05) is 0 Å². The van der Waals surface area contributed by atoms with Crippen molar-refractivity contribution in [2.75, 3.05) is 13.1 Å². The van der Waals surface area contributed by atoms with Crippen molar-refractivity contribution in [2.24, 2.45) is 34.8 Å². The summed E-state index contributed by atoms with van der Waals surface area (Å²) in [6.45, 7) is 3.74. The Balaban J connectivity index is 1.47. The van der Waals surface area contributed by atoms with Crippen LogP contribution in [0.4, 0.5) is 0 Å². The van der Waals surface area contributed by atoms with Gasteiger partial charge in [-0.3, -0.25) is 4.79 Å². The number of hydrogen-bond acceptors (Lipinski definition) is 2. The van der Waals surface area contributed by atoms with Crippen molar-refractivity contribution < 1.29 is 4.79 Å². The van der Waals surface area contributed by atoms with Gasteiger partial charge in [0.25, 0.3) is 0 Å². The van der Waals surface area contributed by atoms with Crippen LogP contribution in [0, 0.1) is 29.1 Å². The molecule has 0 aromatic rings. The molecular weight excluding hydrogens is 248 g/mol. The maximum Gasteiger partial charge on any atom is 0.220 e. The van der Waals surface area contributed by atoms with Gasteiger partial charge in [0, 0.05) is 13.0 Å². The summed E-state index contributed by atoms with van der Waals surface area (Å²) in [5, 5.41) is 3.24. The maximum absolute atomic E-state index is 12.0. The van der Waals surface area contributed by atoms with Gasteiger partial charge in [-0.25, -0.2) is 0 Å². The third-order valence-electron chi connectivity index (χ3n) is 6.09. The molecule has 4 fully saturated rings. The summed E-state index contributed by atoms with van der Waals surface area (Å²) in [6.07, 6.45) is 10.1. The summed E-state index contributed by atoms with van der Waals surface area (Å²) >= 11 is 0. The number of rotatable bonds is 6. The van der Waals surface area contributed by atoms with E-state index in [2.05, 4.69) is 12.2 Å². The quantitative estimate of drug-likeness (QED) is 0.785. The van der Waals surface area contributed by atoms with Crippen molar-refractivity contribution in [1.29, 1.82) is 0 Å². The second kappa shape index (κ2) is 5.67. The van der Waals surface area contributed by atoms with Crippen molar-refractivity contribution in [3.05, 3.63) is 0 Å². The lowest BCUT2D eigenvalue weighted by Crippen LogP contribution is -2.51. The Labute approximate surface area is 123 Å². The Morgan fingerprint density at radius 2 is 1.75 bits per heavy atom. The van der Waals surface area contributed by atoms with Gasteiger partial charge in [0.05, 0.1) is 0 Å². The summed E-state index contributed by atoms with van der Waals surface area (Å²) in [5.74, 6) is 3.60. The van der Waals surface area contributed by atoms with Crippen molar-refractivity contribution in [3.8, 4) is 0 Å². The minimum absolute atomic E-state index is 0.237. The molecule has 4 aliphatic carbocycles. The Kier molecular flexibility index (Phi) is 4.07. The average molecular weight is 278 g/mol. The molecule has 4 saturated carbocycles. The van der Waals surface area contributed by atoms with Gasteiger partial charge in [-0.2, -0.15) is 0 Å². The van der Waals surface area contributed by atoms with Crippen LogP contribution in [-0.4, -0.2) is 19.0 Å². The van der Waals surface area contributed by atoms with E-state index in [0.29, 0.717) is 24.3 Å². The first-order valence-corrected chi connectivity index (χ1v) is 8.55. The lowest BCUT2D eigenvalue weighted by Gasteiger charge is -2.56. The topological polar surface area (TPSA) is 55.1 Å². The minimum Gasteiger partial charge on any atom is -0.356 e. The first kappa shape index (κ1) is 14.4. The summed E-state index contributed by atoms with van der Waals surface area (Å²) in [4.78, 5) is 12.0. The highest BCUT2D eigenvalue weighted by atomic mass is 16.1. The normalized spacial score (nSPS) is 39.8. The number of carbonyl (C=O) groups is 1. The van der Waals surface area contributed by atoms with E-state index < -0.39 is 0 Å². The molecule has 0 radical (unpaired) electrons. The third-order valence-corrected chi connectivity index (χ3v) is 6.09. The molecule has 3 nitrogen and oxygen atoms in total. The Morgan fingerprint density at radius 1 is 1.20 bits per heavy atom. The smallest absolute Gasteiger partial charge is 0.220 e. The van der Waals surface area contributed by atoms with Gasteiger partial charge in [-0.1, -0.05) is 6.92 Å². The molecule has 0 aliphatic heterocycles. The highest BCUT2D eigenvalue weighted by molar-refractivity contribution is 5.75. The van der Waals surface area contributed by atoms with Crippen LogP contribution in [0.25, 0.3) is 0 Å². The Bertz CT molecular complexity index is 331. The fourth-order valence-electron chi connectivity index (χ4n) is 5.38. The van der Waals surface area contributed by atoms with Crippen molar-refractivity contribution in [1.82, 2.24) is 5.32 Å². The maximum atomic E-state index is 12.0. The molecule has 4 bridgehead atoms. The third kappa shape index (κ3) is 3.03. The first-order valence-electron chi connectivity index (χ1n) is 8.55. The van der Waals surface area contributed by atoms with E-state index >= 15 is 0 Å². The molecule has 4 aliphatic rings. The molecule has 0 saturated heterocycles. The molecule has 20 heavy (non-hydrogen) atoms. The van der Waals surface area contributed by atoms with Crippen LogP contribution in [0.1, 0.15) is 58.3 Å². The summed E-state index contributed by atoms with van der Waals surface area (Å²) in [6, 6.07) is 0. The van der Waals surface area contributed by atoms with E-state index in [0.717, 1.165) is 30.7 Å². The lowest BCUT2D eigenvalue weighted by molar-refractivity contribution is -0.123. The zero-order valence-corrected chi connectivity index (χ0v) is 12.9. The molecule has 1 unspecified atom stereocenters. The van der Waals surface area contributed by atoms with Crippen LogP contribution < -0.4 is 11.1 Å². The van der Waals surface area contributed by atoms with Gasteiger partial charge in [0.1, 0.15) is 0 Å². The minimum atomic E-state index is 0.237.